The van der Waals surface area contributed by atoms with Crippen LogP contribution in [0.25, 0.3) is 0 Å². The second-order valence-corrected chi connectivity index (χ2v) is 4.79. The molecule has 1 aliphatic heterocycles. The molecule has 0 bridgehead atoms. The molecule has 0 atom stereocenters. The van der Waals surface area contributed by atoms with E-state index in [9.17, 15) is 0 Å². The normalized spacial score (nSPS) is 16.9. The summed E-state index contributed by atoms with van der Waals surface area (Å²) in [4.78, 5) is 3.21. The Bertz CT molecular complexity index is 445. The first-order valence-corrected chi connectivity index (χ1v) is 6.98. The fourth-order valence-electron chi connectivity index (χ4n) is 2.06. The Labute approximate surface area is 111 Å². The van der Waals surface area contributed by atoms with Crippen LogP contribution in [0.3, 0.4) is 0 Å². The molecule has 98 valence electrons. The molecule has 2 rings (SSSR count). The van der Waals surface area contributed by atoms with E-state index in [0.29, 0.717) is 13.2 Å². The van der Waals surface area contributed by atoms with Gasteiger partial charge in [-0.25, -0.2) is 0 Å². The topological polar surface area (TPSA) is 71.1 Å². The fraction of sp³-hybridized carbons (Fsp3) is 0.417. The van der Waals surface area contributed by atoms with Gasteiger partial charge in [0.15, 0.2) is 5.84 Å². The van der Waals surface area contributed by atoms with Gasteiger partial charge in [-0.2, -0.15) is 0 Å². The van der Waals surface area contributed by atoms with Crippen molar-refractivity contribution >= 4 is 23.3 Å². The quantitative estimate of drug-likeness (QED) is 0.284. The van der Waals surface area contributed by atoms with E-state index >= 15 is 0 Å². The molecule has 5 nitrogen and oxygen atoms in total. The molecule has 0 unspecified atom stereocenters. The maximum atomic E-state index is 8.94. The molecular weight excluding hydrogens is 250 g/mol. The van der Waals surface area contributed by atoms with Crippen molar-refractivity contribution in [1.29, 1.82) is 0 Å². The van der Waals surface area contributed by atoms with Gasteiger partial charge in [-0.15, -0.1) is 11.8 Å². The van der Waals surface area contributed by atoms with Gasteiger partial charge < -0.3 is 20.6 Å². The van der Waals surface area contributed by atoms with E-state index in [1.807, 2.05) is 24.5 Å². The average molecular weight is 267 g/mol. The van der Waals surface area contributed by atoms with Crippen LogP contribution in [-0.2, 0) is 4.74 Å². The smallest absolute Gasteiger partial charge is 0.173 e. The van der Waals surface area contributed by atoms with E-state index < -0.39 is 0 Å². The number of hydrogen-bond donors (Lipinski definition) is 2. The molecule has 0 aromatic heterocycles. The molecule has 1 saturated heterocycles. The molecular formula is C12H17N3O2S. The zero-order valence-corrected chi connectivity index (χ0v) is 11.1. The van der Waals surface area contributed by atoms with Gasteiger partial charge in [-0.05, 0) is 18.4 Å². The molecule has 1 aromatic rings. The number of amidine groups is 1. The Morgan fingerprint density at radius 3 is 2.78 bits per heavy atom. The Balaban J connectivity index is 2.44. The SMILES string of the molecule is CSc1cccc(N2CCOCC2)c1/C(N)=N/O. The van der Waals surface area contributed by atoms with Crippen molar-refractivity contribution in [1.82, 2.24) is 0 Å². The number of nitrogens with two attached hydrogens (primary N) is 1. The van der Waals surface area contributed by atoms with Crippen molar-refractivity contribution in [2.45, 2.75) is 4.90 Å². The number of oxime groups is 1. The lowest BCUT2D eigenvalue weighted by atomic mass is 10.1. The number of ether oxygens (including phenoxy) is 1. The molecule has 1 aliphatic rings. The van der Waals surface area contributed by atoms with Crippen LogP contribution in [0, 0.1) is 0 Å². The summed E-state index contributed by atoms with van der Waals surface area (Å²) in [7, 11) is 0. The number of hydrogen-bond acceptors (Lipinski definition) is 5. The zero-order valence-electron chi connectivity index (χ0n) is 10.3. The highest BCUT2D eigenvalue weighted by Gasteiger charge is 2.19. The Morgan fingerprint density at radius 2 is 2.17 bits per heavy atom. The van der Waals surface area contributed by atoms with Gasteiger partial charge in [-0.1, -0.05) is 11.2 Å². The van der Waals surface area contributed by atoms with Crippen LogP contribution in [-0.4, -0.2) is 43.6 Å². The third-order valence-electron chi connectivity index (χ3n) is 2.94. The molecule has 6 heteroatoms. The van der Waals surface area contributed by atoms with E-state index in [-0.39, 0.29) is 5.84 Å². The van der Waals surface area contributed by atoms with E-state index in [4.69, 9.17) is 15.7 Å². The van der Waals surface area contributed by atoms with Crippen LogP contribution in [0.5, 0.6) is 0 Å². The van der Waals surface area contributed by atoms with Crippen LogP contribution in [0.4, 0.5) is 5.69 Å². The van der Waals surface area contributed by atoms with Gasteiger partial charge in [0.05, 0.1) is 18.8 Å². The summed E-state index contributed by atoms with van der Waals surface area (Å²) < 4.78 is 5.35. The van der Waals surface area contributed by atoms with Crippen LogP contribution in [0.1, 0.15) is 5.56 Å². The number of rotatable bonds is 3. The minimum atomic E-state index is 0.154. The predicted molar refractivity (Wildman–Crippen MR) is 73.8 cm³/mol. The van der Waals surface area contributed by atoms with Gasteiger partial charge in [0, 0.05) is 23.7 Å². The highest BCUT2D eigenvalue weighted by Crippen LogP contribution is 2.30. The third-order valence-corrected chi connectivity index (χ3v) is 3.72. The highest BCUT2D eigenvalue weighted by atomic mass is 32.2. The van der Waals surface area contributed by atoms with E-state index in [2.05, 4.69) is 10.1 Å². The van der Waals surface area contributed by atoms with Gasteiger partial charge >= 0.3 is 0 Å². The van der Waals surface area contributed by atoms with Crippen molar-refractivity contribution in [2.24, 2.45) is 10.9 Å². The fourth-order valence-corrected chi connectivity index (χ4v) is 2.69. The maximum Gasteiger partial charge on any atom is 0.173 e. The van der Waals surface area contributed by atoms with Gasteiger partial charge in [0.25, 0.3) is 0 Å². The van der Waals surface area contributed by atoms with Crippen LogP contribution in [0.15, 0.2) is 28.3 Å². The Morgan fingerprint density at radius 1 is 1.44 bits per heavy atom. The van der Waals surface area contributed by atoms with Crippen LogP contribution < -0.4 is 10.6 Å². The molecule has 1 fully saturated rings. The molecule has 1 heterocycles. The second-order valence-electron chi connectivity index (χ2n) is 3.94. The van der Waals surface area contributed by atoms with Crippen molar-refractivity contribution in [3.8, 4) is 0 Å². The van der Waals surface area contributed by atoms with Crippen LogP contribution >= 0.6 is 11.8 Å². The molecule has 0 spiro atoms. The minimum absolute atomic E-state index is 0.154. The lowest BCUT2D eigenvalue weighted by Crippen LogP contribution is -2.37. The number of morpholine rings is 1. The van der Waals surface area contributed by atoms with E-state index in [1.165, 1.54) is 0 Å². The number of benzene rings is 1. The Kier molecular flexibility index (Phi) is 4.33. The van der Waals surface area contributed by atoms with E-state index in [1.54, 1.807) is 11.8 Å². The first kappa shape index (κ1) is 13.0. The third kappa shape index (κ3) is 2.54. The standard InChI is InChI=1S/C12H17N3O2S/c1-18-10-4-2-3-9(11(10)12(13)14-16)15-5-7-17-8-6-15/h2-4,16H,5-8H2,1H3,(H2,13,14). The molecule has 0 radical (unpaired) electrons. The zero-order chi connectivity index (χ0) is 13.0. The molecule has 0 amide bonds. The van der Waals surface area contributed by atoms with Gasteiger partial charge in [0.1, 0.15) is 0 Å². The second kappa shape index (κ2) is 5.97. The lowest BCUT2D eigenvalue weighted by Gasteiger charge is -2.31. The molecule has 0 aliphatic carbocycles. The van der Waals surface area contributed by atoms with Crippen molar-refractivity contribution in [3.05, 3.63) is 23.8 Å². The first-order valence-electron chi connectivity index (χ1n) is 5.75. The highest BCUT2D eigenvalue weighted by molar-refractivity contribution is 7.98. The number of anilines is 1. The lowest BCUT2D eigenvalue weighted by molar-refractivity contribution is 0.122. The molecule has 1 aromatic carbocycles. The Hall–Kier alpha value is -1.40. The monoisotopic (exact) mass is 267 g/mol. The number of nitrogens with zero attached hydrogens (tertiary/aromatic N) is 2. The summed E-state index contributed by atoms with van der Waals surface area (Å²) in [5, 5.41) is 12.1. The van der Waals surface area contributed by atoms with Crippen molar-refractivity contribution in [2.75, 3.05) is 37.5 Å². The summed E-state index contributed by atoms with van der Waals surface area (Å²) in [5.41, 5.74) is 7.61. The largest absolute Gasteiger partial charge is 0.409 e. The summed E-state index contributed by atoms with van der Waals surface area (Å²) >= 11 is 1.59. The first-order chi connectivity index (χ1) is 8.77. The number of thioether (sulfide) groups is 1. The summed E-state index contributed by atoms with van der Waals surface area (Å²) in [6.07, 6.45) is 1.98. The van der Waals surface area contributed by atoms with Gasteiger partial charge in [-0.3, -0.25) is 0 Å². The summed E-state index contributed by atoms with van der Waals surface area (Å²) in [5.74, 6) is 0.154. The summed E-state index contributed by atoms with van der Waals surface area (Å²) in [6.45, 7) is 3.06. The molecule has 0 saturated carbocycles. The van der Waals surface area contributed by atoms with Crippen LogP contribution in [0.2, 0.25) is 0 Å². The maximum absolute atomic E-state index is 8.94. The van der Waals surface area contributed by atoms with E-state index in [0.717, 1.165) is 29.2 Å². The van der Waals surface area contributed by atoms with Gasteiger partial charge in [0.2, 0.25) is 0 Å². The molecule has 3 N–H and O–H groups in total. The van der Waals surface area contributed by atoms with Crippen molar-refractivity contribution in [3.63, 3.8) is 0 Å². The minimum Gasteiger partial charge on any atom is -0.409 e. The summed E-state index contributed by atoms with van der Waals surface area (Å²) in [6, 6.07) is 5.96. The average Bonchev–Trinajstić information content (AvgIpc) is 2.46. The predicted octanol–water partition coefficient (Wildman–Crippen LogP) is 1.34. The van der Waals surface area contributed by atoms with Crippen molar-refractivity contribution < 1.29 is 9.94 Å². The molecule has 18 heavy (non-hydrogen) atoms.